The molecule has 0 aromatic carbocycles. The SMILES string of the molecule is CCCCCOc1cccn2cc(CO)nc12. The Kier molecular flexibility index (Phi) is 3.98. The second kappa shape index (κ2) is 5.68. The van der Waals surface area contributed by atoms with Crippen LogP contribution in [0.25, 0.3) is 5.65 Å². The van der Waals surface area contributed by atoms with E-state index in [1.807, 2.05) is 28.9 Å². The van der Waals surface area contributed by atoms with Crippen LogP contribution in [0.3, 0.4) is 0 Å². The van der Waals surface area contributed by atoms with Gasteiger partial charge in [0, 0.05) is 12.4 Å². The standard InChI is InChI=1S/C13H18N2O2/c1-2-3-4-8-17-12-6-5-7-15-9-11(10-16)14-13(12)15/h5-7,9,16H,2-4,8,10H2,1H3. The Morgan fingerprint density at radius 1 is 1.41 bits per heavy atom. The summed E-state index contributed by atoms with van der Waals surface area (Å²) >= 11 is 0. The number of imidazole rings is 1. The summed E-state index contributed by atoms with van der Waals surface area (Å²) in [4.78, 5) is 4.32. The minimum Gasteiger partial charge on any atom is -0.490 e. The molecule has 4 heteroatoms. The van der Waals surface area contributed by atoms with Gasteiger partial charge in [0.2, 0.25) is 0 Å². The number of hydrogen-bond donors (Lipinski definition) is 1. The lowest BCUT2D eigenvalue weighted by atomic mass is 10.3. The highest BCUT2D eigenvalue weighted by molar-refractivity contribution is 5.54. The van der Waals surface area contributed by atoms with E-state index in [4.69, 9.17) is 9.84 Å². The molecule has 92 valence electrons. The summed E-state index contributed by atoms with van der Waals surface area (Å²) in [5.41, 5.74) is 1.43. The largest absolute Gasteiger partial charge is 0.490 e. The molecule has 2 aromatic heterocycles. The molecular weight excluding hydrogens is 216 g/mol. The van der Waals surface area contributed by atoms with Gasteiger partial charge >= 0.3 is 0 Å². The molecule has 0 bridgehead atoms. The van der Waals surface area contributed by atoms with Crippen molar-refractivity contribution in [3.05, 3.63) is 30.2 Å². The topological polar surface area (TPSA) is 46.8 Å². The predicted octanol–water partition coefficient (Wildman–Crippen LogP) is 2.40. The van der Waals surface area contributed by atoms with Crippen molar-refractivity contribution in [3.8, 4) is 5.75 Å². The summed E-state index contributed by atoms with van der Waals surface area (Å²) in [6.45, 7) is 2.84. The highest BCUT2D eigenvalue weighted by Crippen LogP contribution is 2.19. The molecular formula is C13H18N2O2. The minimum absolute atomic E-state index is 0.0447. The third-order valence-electron chi connectivity index (χ3n) is 2.66. The van der Waals surface area contributed by atoms with Gasteiger partial charge in [-0.25, -0.2) is 4.98 Å². The number of fused-ring (bicyclic) bond motifs is 1. The zero-order valence-corrected chi connectivity index (χ0v) is 10.1. The quantitative estimate of drug-likeness (QED) is 0.781. The Hall–Kier alpha value is -1.55. The molecule has 2 rings (SSSR count). The maximum Gasteiger partial charge on any atom is 0.180 e. The van der Waals surface area contributed by atoms with Crippen LogP contribution in [0, 0.1) is 0 Å². The van der Waals surface area contributed by atoms with Crippen LogP contribution in [-0.2, 0) is 6.61 Å². The average molecular weight is 234 g/mol. The Labute approximate surface area is 101 Å². The van der Waals surface area contributed by atoms with E-state index in [9.17, 15) is 0 Å². The molecule has 0 unspecified atom stereocenters. The van der Waals surface area contributed by atoms with Crippen LogP contribution < -0.4 is 4.74 Å². The van der Waals surface area contributed by atoms with Gasteiger partial charge in [-0.3, -0.25) is 0 Å². The molecule has 0 aliphatic carbocycles. The Morgan fingerprint density at radius 2 is 2.29 bits per heavy atom. The zero-order chi connectivity index (χ0) is 12.1. The first-order valence-corrected chi connectivity index (χ1v) is 6.05. The number of aromatic nitrogens is 2. The highest BCUT2D eigenvalue weighted by Gasteiger charge is 2.06. The fourth-order valence-electron chi connectivity index (χ4n) is 1.76. The third kappa shape index (κ3) is 2.77. The van der Waals surface area contributed by atoms with E-state index in [-0.39, 0.29) is 6.61 Å². The molecule has 2 heterocycles. The van der Waals surface area contributed by atoms with Gasteiger partial charge in [0.15, 0.2) is 11.4 Å². The van der Waals surface area contributed by atoms with Crippen LogP contribution in [-0.4, -0.2) is 21.1 Å². The lowest BCUT2D eigenvalue weighted by molar-refractivity contribution is 0.277. The van der Waals surface area contributed by atoms with Crippen LogP contribution in [0.2, 0.25) is 0 Å². The van der Waals surface area contributed by atoms with Gasteiger partial charge in [0.25, 0.3) is 0 Å². The summed E-state index contributed by atoms with van der Waals surface area (Å²) in [6, 6.07) is 3.83. The molecule has 0 fully saturated rings. The fourth-order valence-corrected chi connectivity index (χ4v) is 1.76. The van der Waals surface area contributed by atoms with Gasteiger partial charge in [0.05, 0.1) is 18.9 Å². The summed E-state index contributed by atoms with van der Waals surface area (Å²) < 4.78 is 7.59. The molecule has 1 N–H and O–H groups in total. The van der Waals surface area contributed by atoms with Crippen molar-refractivity contribution in [1.29, 1.82) is 0 Å². The normalized spacial score (nSPS) is 10.9. The van der Waals surface area contributed by atoms with Crippen molar-refractivity contribution in [2.24, 2.45) is 0 Å². The Balaban J connectivity index is 2.13. The first-order valence-electron chi connectivity index (χ1n) is 6.05. The molecule has 0 radical (unpaired) electrons. The number of unbranched alkanes of at least 4 members (excludes halogenated alkanes) is 2. The second-order valence-corrected chi connectivity index (χ2v) is 4.05. The fraction of sp³-hybridized carbons (Fsp3) is 0.462. The number of aliphatic hydroxyl groups is 1. The van der Waals surface area contributed by atoms with Crippen molar-refractivity contribution < 1.29 is 9.84 Å². The molecule has 0 saturated carbocycles. The van der Waals surface area contributed by atoms with E-state index in [2.05, 4.69) is 11.9 Å². The maximum atomic E-state index is 9.06. The van der Waals surface area contributed by atoms with E-state index in [0.717, 1.165) is 24.4 Å². The molecule has 17 heavy (non-hydrogen) atoms. The molecule has 0 aliphatic rings. The van der Waals surface area contributed by atoms with Gasteiger partial charge in [-0.05, 0) is 18.6 Å². The van der Waals surface area contributed by atoms with Crippen LogP contribution in [0.4, 0.5) is 0 Å². The van der Waals surface area contributed by atoms with E-state index < -0.39 is 0 Å². The molecule has 0 saturated heterocycles. The van der Waals surface area contributed by atoms with Crippen LogP contribution in [0.15, 0.2) is 24.5 Å². The molecule has 4 nitrogen and oxygen atoms in total. The second-order valence-electron chi connectivity index (χ2n) is 4.05. The number of hydrogen-bond acceptors (Lipinski definition) is 3. The molecule has 0 aliphatic heterocycles. The lowest BCUT2D eigenvalue weighted by Crippen LogP contribution is -1.99. The van der Waals surface area contributed by atoms with Crippen LogP contribution >= 0.6 is 0 Å². The van der Waals surface area contributed by atoms with Crippen molar-refractivity contribution in [2.45, 2.75) is 32.8 Å². The Morgan fingerprint density at radius 3 is 3.06 bits per heavy atom. The third-order valence-corrected chi connectivity index (χ3v) is 2.66. The number of rotatable bonds is 6. The van der Waals surface area contributed by atoms with Crippen LogP contribution in [0.5, 0.6) is 5.75 Å². The summed E-state index contributed by atoms with van der Waals surface area (Å²) in [7, 11) is 0. The van der Waals surface area contributed by atoms with Gasteiger partial charge in [-0.15, -0.1) is 0 Å². The van der Waals surface area contributed by atoms with Gasteiger partial charge in [-0.1, -0.05) is 19.8 Å². The van der Waals surface area contributed by atoms with Crippen molar-refractivity contribution in [3.63, 3.8) is 0 Å². The molecule has 2 aromatic rings. The minimum atomic E-state index is -0.0447. The Bertz CT molecular complexity index is 479. The predicted molar refractivity (Wildman–Crippen MR) is 66.1 cm³/mol. The van der Waals surface area contributed by atoms with Gasteiger partial charge < -0.3 is 14.2 Å². The monoisotopic (exact) mass is 234 g/mol. The number of aliphatic hydroxyl groups excluding tert-OH is 1. The summed E-state index contributed by atoms with van der Waals surface area (Å²) in [5.74, 6) is 0.781. The molecule has 0 amide bonds. The highest BCUT2D eigenvalue weighted by atomic mass is 16.5. The van der Waals surface area contributed by atoms with Crippen molar-refractivity contribution in [1.82, 2.24) is 9.38 Å². The number of nitrogens with zero attached hydrogens (tertiary/aromatic N) is 2. The van der Waals surface area contributed by atoms with Crippen molar-refractivity contribution >= 4 is 5.65 Å². The smallest absolute Gasteiger partial charge is 0.180 e. The summed E-state index contributed by atoms with van der Waals surface area (Å²) in [5, 5.41) is 9.06. The molecule has 0 spiro atoms. The van der Waals surface area contributed by atoms with Crippen LogP contribution in [0.1, 0.15) is 31.9 Å². The van der Waals surface area contributed by atoms with Crippen molar-refractivity contribution in [2.75, 3.05) is 6.61 Å². The zero-order valence-electron chi connectivity index (χ0n) is 10.1. The summed E-state index contributed by atoms with van der Waals surface area (Å²) in [6.07, 6.45) is 7.14. The maximum absolute atomic E-state index is 9.06. The first-order chi connectivity index (χ1) is 8.35. The number of ether oxygens (including phenoxy) is 1. The average Bonchev–Trinajstić information content (AvgIpc) is 2.78. The first kappa shape index (κ1) is 11.9. The lowest BCUT2D eigenvalue weighted by Gasteiger charge is -2.06. The van der Waals surface area contributed by atoms with Gasteiger partial charge in [0.1, 0.15) is 0 Å². The van der Waals surface area contributed by atoms with Gasteiger partial charge in [-0.2, -0.15) is 0 Å². The van der Waals surface area contributed by atoms with E-state index >= 15 is 0 Å². The van der Waals surface area contributed by atoms with E-state index in [0.29, 0.717) is 5.69 Å². The van der Waals surface area contributed by atoms with E-state index in [1.165, 1.54) is 12.8 Å². The number of pyridine rings is 1. The molecule has 0 atom stereocenters. The van der Waals surface area contributed by atoms with E-state index in [1.54, 1.807) is 0 Å².